The molecule has 1 saturated heterocycles. The number of hydrogen-bond donors (Lipinski definition) is 1. The number of carbonyl (C=O) groups excluding carboxylic acids is 1. The molecule has 1 N–H and O–H groups in total. The van der Waals surface area contributed by atoms with Gasteiger partial charge in [-0.2, -0.15) is 0 Å². The quantitative estimate of drug-likeness (QED) is 0.654. The molecule has 0 radical (unpaired) electrons. The van der Waals surface area contributed by atoms with Gasteiger partial charge in [-0.3, -0.25) is 4.79 Å². The first kappa shape index (κ1) is 10.6. The van der Waals surface area contributed by atoms with Crippen LogP contribution in [0.1, 0.15) is 47.5 Å². The van der Waals surface area contributed by atoms with Crippen LogP contribution in [-0.2, 0) is 4.79 Å². The molecule has 13 heavy (non-hydrogen) atoms. The minimum atomic E-state index is -0.104. The van der Waals surface area contributed by atoms with Crippen LogP contribution in [0.3, 0.4) is 0 Å². The summed E-state index contributed by atoms with van der Waals surface area (Å²) < 4.78 is 0. The molecule has 1 rings (SSSR count). The lowest BCUT2D eigenvalue weighted by Crippen LogP contribution is -2.66. The van der Waals surface area contributed by atoms with Crippen LogP contribution in [0.5, 0.6) is 0 Å². The molecule has 0 aromatic carbocycles. The number of nitrogens with one attached hydrogen (secondary N) is 1. The van der Waals surface area contributed by atoms with Crippen molar-refractivity contribution in [2.75, 3.05) is 0 Å². The highest BCUT2D eigenvalue weighted by atomic mass is 16.2. The van der Waals surface area contributed by atoms with Gasteiger partial charge in [0.25, 0.3) is 0 Å². The Kier molecular flexibility index (Phi) is 2.44. The monoisotopic (exact) mass is 183 g/mol. The highest BCUT2D eigenvalue weighted by Crippen LogP contribution is 2.39. The van der Waals surface area contributed by atoms with Gasteiger partial charge < -0.3 is 5.32 Å². The maximum Gasteiger partial charge on any atom is 0.228 e. The van der Waals surface area contributed by atoms with Crippen molar-refractivity contribution < 1.29 is 4.79 Å². The van der Waals surface area contributed by atoms with Gasteiger partial charge in [0.2, 0.25) is 5.91 Å². The highest BCUT2D eigenvalue weighted by molar-refractivity contribution is 5.89. The number of rotatable bonds is 2. The van der Waals surface area contributed by atoms with E-state index in [1.807, 2.05) is 0 Å². The molecular weight excluding hydrogens is 162 g/mol. The van der Waals surface area contributed by atoms with Crippen LogP contribution >= 0.6 is 0 Å². The number of carbonyl (C=O) groups is 1. The van der Waals surface area contributed by atoms with Crippen LogP contribution in [0.15, 0.2) is 0 Å². The third kappa shape index (κ3) is 1.87. The molecule has 2 heteroatoms. The average molecular weight is 183 g/mol. The molecule has 1 fully saturated rings. The molecule has 0 bridgehead atoms. The zero-order valence-corrected chi connectivity index (χ0v) is 9.40. The van der Waals surface area contributed by atoms with Gasteiger partial charge in [-0.15, -0.1) is 0 Å². The van der Waals surface area contributed by atoms with E-state index in [0.717, 1.165) is 12.8 Å². The van der Waals surface area contributed by atoms with Gasteiger partial charge in [0.1, 0.15) is 0 Å². The Morgan fingerprint density at radius 1 is 1.46 bits per heavy atom. The van der Waals surface area contributed by atoms with Gasteiger partial charge in [-0.05, 0) is 25.2 Å². The van der Waals surface area contributed by atoms with Crippen molar-refractivity contribution in [2.45, 2.75) is 53.5 Å². The van der Waals surface area contributed by atoms with E-state index in [4.69, 9.17) is 0 Å². The van der Waals surface area contributed by atoms with E-state index in [-0.39, 0.29) is 11.3 Å². The SMILES string of the molecule is CCC1(C)C(=O)NC1CC(C)(C)C. The van der Waals surface area contributed by atoms with Crippen LogP contribution in [0.2, 0.25) is 0 Å². The Morgan fingerprint density at radius 3 is 2.31 bits per heavy atom. The molecule has 76 valence electrons. The van der Waals surface area contributed by atoms with Crippen LogP contribution in [0, 0.1) is 10.8 Å². The van der Waals surface area contributed by atoms with Crippen molar-refractivity contribution in [3.8, 4) is 0 Å². The lowest BCUT2D eigenvalue weighted by molar-refractivity contribution is -0.146. The minimum Gasteiger partial charge on any atom is -0.352 e. The lowest BCUT2D eigenvalue weighted by Gasteiger charge is -2.48. The Hall–Kier alpha value is -0.530. The number of amides is 1. The third-order valence-electron chi connectivity index (χ3n) is 3.14. The molecular formula is C11H21NO. The standard InChI is InChI=1S/C11H21NO/c1-6-11(5)8(12-9(11)13)7-10(2,3)4/h8H,6-7H2,1-5H3,(H,12,13). The summed E-state index contributed by atoms with van der Waals surface area (Å²) >= 11 is 0. The average Bonchev–Trinajstić information content (AvgIpc) is 2.00. The molecule has 0 spiro atoms. The summed E-state index contributed by atoms with van der Waals surface area (Å²) in [5.74, 6) is 0.226. The Balaban J connectivity index is 2.61. The van der Waals surface area contributed by atoms with E-state index in [2.05, 4.69) is 39.9 Å². The van der Waals surface area contributed by atoms with Gasteiger partial charge in [-0.25, -0.2) is 0 Å². The third-order valence-corrected chi connectivity index (χ3v) is 3.14. The van der Waals surface area contributed by atoms with E-state index >= 15 is 0 Å². The Bertz CT molecular complexity index is 217. The van der Waals surface area contributed by atoms with E-state index in [1.165, 1.54) is 0 Å². The Morgan fingerprint density at radius 2 is 2.00 bits per heavy atom. The molecule has 1 heterocycles. The number of hydrogen-bond acceptors (Lipinski definition) is 1. The fourth-order valence-electron chi connectivity index (χ4n) is 1.86. The molecule has 0 aliphatic carbocycles. The molecule has 1 aliphatic rings. The summed E-state index contributed by atoms with van der Waals surface area (Å²) in [5, 5.41) is 3.00. The van der Waals surface area contributed by atoms with Gasteiger partial charge in [0.05, 0.1) is 5.41 Å². The molecule has 2 atom stereocenters. The van der Waals surface area contributed by atoms with Crippen LogP contribution in [0.25, 0.3) is 0 Å². The van der Waals surface area contributed by atoms with Crippen molar-refractivity contribution in [3.63, 3.8) is 0 Å². The molecule has 0 aromatic heterocycles. The predicted molar refractivity (Wildman–Crippen MR) is 54.4 cm³/mol. The summed E-state index contributed by atoms with van der Waals surface area (Å²) in [5.41, 5.74) is 0.197. The Labute approximate surface area is 81.1 Å². The summed E-state index contributed by atoms with van der Waals surface area (Å²) in [4.78, 5) is 11.4. The summed E-state index contributed by atoms with van der Waals surface area (Å²) in [7, 11) is 0. The topological polar surface area (TPSA) is 29.1 Å². The fourth-order valence-corrected chi connectivity index (χ4v) is 1.86. The molecule has 2 unspecified atom stereocenters. The first-order chi connectivity index (χ1) is 5.79. The van der Waals surface area contributed by atoms with E-state index in [0.29, 0.717) is 11.5 Å². The molecule has 1 amide bonds. The van der Waals surface area contributed by atoms with Gasteiger partial charge in [-0.1, -0.05) is 27.7 Å². The smallest absolute Gasteiger partial charge is 0.228 e. The van der Waals surface area contributed by atoms with Crippen molar-refractivity contribution in [3.05, 3.63) is 0 Å². The first-order valence-electron chi connectivity index (χ1n) is 5.10. The van der Waals surface area contributed by atoms with Crippen molar-refractivity contribution in [1.82, 2.24) is 5.32 Å². The van der Waals surface area contributed by atoms with Crippen LogP contribution in [0.4, 0.5) is 0 Å². The second-order valence-electron chi connectivity index (χ2n) is 5.56. The van der Waals surface area contributed by atoms with E-state index in [1.54, 1.807) is 0 Å². The van der Waals surface area contributed by atoms with Crippen molar-refractivity contribution in [2.24, 2.45) is 10.8 Å². The largest absolute Gasteiger partial charge is 0.352 e. The maximum atomic E-state index is 11.4. The summed E-state index contributed by atoms with van der Waals surface area (Å²) in [6, 6.07) is 0.380. The van der Waals surface area contributed by atoms with Gasteiger partial charge in [0.15, 0.2) is 0 Å². The second-order valence-corrected chi connectivity index (χ2v) is 5.56. The summed E-state index contributed by atoms with van der Waals surface area (Å²) in [6.45, 7) is 10.8. The van der Waals surface area contributed by atoms with Gasteiger partial charge in [0, 0.05) is 6.04 Å². The predicted octanol–water partition coefficient (Wildman–Crippen LogP) is 2.34. The molecule has 1 aliphatic heterocycles. The van der Waals surface area contributed by atoms with Gasteiger partial charge >= 0.3 is 0 Å². The van der Waals surface area contributed by atoms with Crippen LogP contribution in [-0.4, -0.2) is 11.9 Å². The zero-order valence-electron chi connectivity index (χ0n) is 9.40. The van der Waals surface area contributed by atoms with Crippen LogP contribution < -0.4 is 5.32 Å². The number of β-lactam (4-membered cyclic amide) rings is 1. The normalized spacial score (nSPS) is 33.9. The molecule has 0 saturated carbocycles. The van der Waals surface area contributed by atoms with E-state index < -0.39 is 0 Å². The van der Waals surface area contributed by atoms with Crippen molar-refractivity contribution in [1.29, 1.82) is 0 Å². The van der Waals surface area contributed by atoms with E-state index in [9.17, 15) is 4.79 Å². The highest BCUT2D eigenvalue weighted by Gasteiger charge is 2.50. The first-order valence-corrected chi connectivity index (χ1v) is 5.10. The lowest BCUT2D eigenvalue weighted by atomic mass is 9.67. The van der Waals surface area contributed by atoms with Crippen molar-refractivity contribution >= 4 is 5.91 Å². The minimum absolute atomic E-state index is 0.104. The summed E-state index contributed by atoms with van der Waals surface area (Å²) in [6.07, 6.45) is 2.02. The zero-order chi connectivity index (χ0) is 10.3. The fraction of sp³-hybridized carbons (Fsp3) is 0.909. The maximum absolute atomic E-state index is 11.4. The molecule has 2 nitrogen and oxygen atoms in total. The second kappa shape index (κ2) is 3.00. The molecule has 0 aromatic rings.